The van der Waals surface area contributed by atoms with Gasteiger partial charge in [0.25, 0.3) is 5.91 Å². The Hall–Kier alpha value is -3.32. The molecule has 1 unspecified atom stereocenters. The molecule has 0 aliphatic heterocycles. The number of carbonyl (C=O) groups is 1. The number of rotatable bonds is 5. The van der Waals surface area contributed by atoms with E-state index in [-0.39, 0.29) is 11.9 Å². The number of benzene rings is 2. The maximum atomic E-state index is 13.3. The normalized spacial score (nSPS) is 12.0. The number of carbonyl (C=O) groups excluding carboxylic acids is 1. The lowest BCUT2D eigenvalue weighted by atomic mass is 10.00. The molecule has 4 aromatic rings. The Morgan fingerprint density at radius 1 is 1.10 bits per heavy atom. The Labute approximate surface area is 173 Å². The van der Waals surface area contributed by atoms with Gasteiger partial charge in [0.05, 0.1) is 11.7 Å². The Kier molecular flexibility index (Phi) is 5.22. The third-order valence-electron chi connectivity index (χ3n) is 5.02. The highest BCUT2D eigenvalue weighted by atomic mass is 32.1. The summed E-state index contributed by atoms with van der Waals surface area (Å²) in [4.78, 5) is 16.2. The van der Waals surface area contributed by atoms with E-state index in [4.69, 9.17) is 0 Å². The van der Waals surface area contributed by atoms with E-state index in [0.29, 0.717) is 5.56 Å². The van der Waals surface area contributed by atoms with Crippen molar-refractivity contribution in [2.45, 2.75) is 19.9 Å². The van der Waals surface area contributed by atoms with E-state index in [1.54, 1.807) is 20.9 Å². The second-order valence-corrected chi connectivity index (χ2v) is 7.98. The van der Waals surface area contributed by atoms with Crippen molar-refractivity contribution in [1.82, 2.24) is 25.1 Å². The van der Waals surface area contributed by atoms with Gasteiger partial charge in [-0.3, -0.25) is 4.79 Å². The summed E-state index contributed by atoms with van der Waals surface area (Å²) < 4.78 is 1.57. The van der Waals surface area contributed by atoms with Gasteiger partial charge < -0.3 is 4.90 Å². The lowest BCUT2D eigenvalue weighted by Gasteiger charge is -2.24. The summed E-state index contributed by atoms with van der Waals surface area (Å²) in [6, 6.07) is 18.0. The van der Waals surface area contributed by atoms with Gasteiger partial charge in [-0.05, 0) is 65.0 Å². The predicted molar refractivity (Wildman–Crippen MR) is 114 cm³/mol. The zero-order valence-electron chi connectivity index (χ0n) is 16.5. The van der Waals surface area contributed by atoms with Crippen LogP contribution in [0.4, 0.5) is 0 Å². The Balaban J connectivity index is 1.75. The van der Waals surface area contributed by atoms with Gasteiger partial charge in [0.1, 0.15) is 6.33 Å². The molecule has 146 valence electrons. The first-order valence-electron chi connectivity index (χ1n) is 9.29. The first kappa shape index (κ1) is 19.0. The fourth-order valence-electron chi connectivity index (χ4n) is 3.16. The van der Waals surface area contributed by atoms with Gasteiger partial charge in [-0.1, -0.05) is 35.9 Å². The van der Waals surface area contributed by atoms with Crippen molar-refractivity contribution < 1.29 is 4.79 Å². The predicted octanol–water partition coefficient (Wildman–Crippen LogP) is 4.53. The number of tetrazole rings is 1. The van der Waals surface area contributed by atoms with Gasteiger partial charge in [0.2, 0.25) is 0 Å². The first-order valence-corrected chi connectivity index (χ1v) is 10.2. The Bertz CT molecular complexity index is 1100. The summed E-state index contributed by atoms with van der Waals surface area (Å²) in [6.45, 7) is 4.09. The van der Waals surface area contributed by atoms with Gasteiger partial charge >= 0.3 is 0 Å². The zero-order valence-corrected chi connectivity index (χ0v) is 17.3. The molecule has 1 amide bonds. The first-order chi connectivity index (χ1) is 14.0. The maximum Gasteiger partial charge on any atom is 0.254 e. The van der Waals surface area contributed by atoms with Crippen LogP contribution in [0.2, 0.25) is 0 Å². The summed E-state index contributed by atoms with van der Waals surface area (Å²) in [5, 5.41) is 13.5. The third kappa shape index (κ3) is 3.95. The number of aryl methyl sites for hydroxylation is 1. The highest BCUT2D eigenvalue weighted by molar-refractivity contribution is 7.10. The minimum atomic E-state index is -0.0470. The number of aromatic nitrogens is 4. The van der Waals surface area contributed by atoms with Crippen LogP contribution in [-0.2, 0) is 0 Å². The lowest BCUT2D eigenvalue weighted by Crippen LogP contribution is -2.29. The molecule has 2 heterocycles. The van der Waals surface area contributed by atoms with E-state index < -0.39 is 0 Å². The van der Waals surface area contributed by atoms with E-state index in [9.17, 15) is 4.79 Å². The average Bonchev–Trinajstić information content (AvgIpc) is 3.46. The SMILES string of the molecule is Cc1ccc(-c2cc(C(=O)N(C)C(C)c3cccs3)cc(-n3cnnn3)c2)cc1. The van der Waals surface area contributed by atoms with Crippen LogP contribution in [0.15, 0.2) is 66.3 Å². The molecule has 0 bridgehead atoms. The molecule has 0 spiro atoms. The van der Waals surface area contributed by atoms with Crippen molar-refractivity contribution in [2.24, 2.45) is 0 Å². The van der Waals surface area contributed by atoms with Gasteiger partial charge in [-0.25, -0.2) is 4.68 Å². The molecule has 1 atom stereocenters. The van der Waals surface area contributed by atoms with Crippen molar-refractivity contribution in [3.63, 3.8) is 0 Å². The highest BCUT2D eigenvalue weighted by Crippen LogP contribution is 2.28. The van der Waals surface area contributed by atoms with Crippen LogP contribution in [0.5, 0.6) is 0 Å². The van der Waals surface area contributed by atoms with Crippen LogP contribution in [0.1, 0.15) is 33.8 Å². The van der Waals surface area contributed by atoms with Gasteiger partial charge in [-0.2, -0.15) is 0 Å². The molecule has 0 saturated carbocycles. The van der Waals surface area contributed by atoms with Crippen LogP contribution in [0.3, 0.4) is 0 Å². The van der Waals surface area contributed by atoms with E-state index in [1.807, 2.05) is 49.7 Å². The molecule has 4 rings (SSSR count). The molecule has 0 aliphatic rings. The number of thiophene rings is 1. The van der Waals surface area contributed by atoms with E-state index >= 15 is 0 Å². The molecule has 2 aromatic heterocycles. The molecular formula is C22H21N5OS. The van der Waals surface area contributed by atoms with Crippen molar-refractivity contribution in [2.75, 3.05) is 7.05 Å². The van der Waals surface area contributed by atoms with Crippen molar-refractivity contribution >= 4 is 17.2 Å². The van der Waals surface area contributed by atoms with E-state index in [2.05, 4.69) is 46.7 Å². The standard InChI is InChI=1S/C22H21N5OS/c1-15-6-8-17(9-7-15)18-11-19(13-20(12-18)27-14-23-24-25-27)22(28)26(3)16(2)21-5-4-10-29-21/h4-14,16H,1-3H3. The Morgan fingerprint density at radius 3 is 2.55 bits per heavy atom. The van der Waals surface area contributed by atoms with Gasteiger partial charge in [0, 0.05) is 17.5 Å². The summed E-state index contributed by atoms with van der Waals surface area (Å²) in [5.41, 5.74) is 4.51. The van der Waals surface area contributed by atoms with Gasteiger partial charge in [0.15, 0.2) is 0 Å². The summed E-state index contributed by atoms with van der Waals surface area (Å²) in [5.74, 6) is -0.0470. The molecule has 0 N–H and O–H groups in total. The summed E-state index contributed by atoms with van der Waals surface area (Å²) in [7, 11) is 1.84. The number of nitrogens with zero attached hydrogens (tertiary/aromatic N) is 5. The lowest BCUT2D eigenvalue weighted by molar-refractivity contribution is 0.0745. The van der Waals surface area contributed by atoms with Crippen LogP contribution < -0.4 is 0 Å². The van der Waals surface area contributed by atoms with Crippen molar-refractivity contribution in [3.05, 3.63) is 82.3 Å². The summed E-state index contributed by atoms with van der Waals surface area (Å²) in [6.07, 6.45) is 1.53. The molecular weight excluding hydrogens is 382 g/mol. The minimum Gasteiger partial charge on any atom is -0.334 e. The molecule has 0 fully saturated rings. The van der Waals surface area contributed by atoms with Crippen molar-refractivity contribution in [3.8, 4) is 16.8 Å². The Morgan fingerprint density at radius 2 is 1.90 bits per heavy atom. The second kappa shape index (κ2) is 7.97. The molecule has 0 radical (unpaired) electrons. The second-order valence-electron chi connectivity index (χ2n) is 7.00. The molecule has 0 aliphatic carbocycles. The number of hydrogen-bond acceptors (Lipinski definition) is 5. The monoisotopic (exact) mass is 403 g/mol. The van der Waals surface area contributed by atoms with Crippen molar-refractivity contribution in [1.29, 1.82) is 0 Å². The largest absolute Gasteiger partial charge is 0.334 e. The van der Waals surface area contributed by atoms with Gasteiger partial charge in [-0.15, -0.1) is 16.4 Å². The highest BCUT2D eigenvalue weighted by Gasteiger charge is 2.21. The molecule has 2 aromatic carbocycles. The molecule has 6 nitrogen and oxygen atoms in total. The van der Waals surface area contributed by atoms with E-state index in [1.165, 1.54) is 11.9 Å². The van der Waals surface area contributed by atoms with E-state index in [0.717, 1.165) is 21.7 Å². The summed E-state index contributed by atoms with van der Waals surface area (Å²) >= 11 is 1.65. The molecule has 7 heteroatoms. The fourth-order valence-corrected chi connectivity index (χ4v) is 3.99. The zero-order chi connectivity index (χ0) is 20.4. The number of amides is 1. The third-order valence-corrected chi connectivity index (χ3v) is 6.06. The topological polar surface area (TPSA) is 63.9 Å². The average molecular weight is 404 g/mol. The van der Waals surface area contributed by atoms with Crippen LogP contribution >= 0.6 is 11.3 Å². The quantitative estimate of drug-likeness (QED) is 0.491. The van der Waals surface area contributed by atoms with Crippen LogP contribution in [0.25, 0.3) is 16.8 Å². The molecule has 29 heavy (non-hydrogen) atoms. The van der Waals surface area contributed by atoms with Crippen LogP contribution in [-0.4, -0.2) is 38.1 Å². The molecule has 0 saturated heterocycles. The van der Waals surface area contributed by atoms with Crippen LogP contribution in [0, 0.1) is 6.92 Å². The minimum absolute atomic E-state index is 0.0120. The fraction of sp³-hybridized carbons (Fsp3) is 0.182. The maximum absolute atomic E-state index is 13.3. The number of hydrogen-bond donors (Lipinski definition) is 0. The smallest absolute Gasteiger partial charge is 0.254 e.